The molecule has 0 aromatic carbocycles. The molecule has 3 unspecified atom stereocenters. The van der Waals surface area contributed by atoms with Gasteiger partial charge in [-0.25, -0.2) is 0 Å². The first-order chi connectivity index (χ1) is 6.59. The molecule has 1 aromatic rings. The summed E-state index contributed by atoms with van der Waals surface area (Å²) in [6.45, 7) is 1.85. The van der Waals surface area contributed by atoms with E-state index < -0.39 is 5.97 Å². The summed E-state index contributed by atoms with van der Waals surface area (Å²) in [4.78, 5) is 10.6. The van der Waals surface area contributed by atoms with E-state index in [4.69, 9.17) is 15.3 Å². The Kier molecular flexibility index (Phi) is 2.07. The number of carboxylic acid groups (broad SMARTS) is 1. The zero-order valence-electron chi connectivity index (χ0n) is 7.93. The Hall–Kier alpha value is -1.29. The second kappa shape index (κ2) is 3.13. The van der Waals surface area contributed by atoms with Crippen molar-refractivity contribution < 1.29 is 14.3 Å². The molecule has 2 rings (SSSR count). The number of aliphatic carboxylic acids is 1. The van der Waals surface area contributed by atoms with E-state index >= 15 is 0 Å². The Bertz CT molecular complexity index is 358. The van der Waals surface area contributed by atoms with Crippen molar-refractivity contribution in [1.29, 1.82) is 0 Å². The molecule has 1 aromatic heterocycles. The first-order valence-corrected chi connectivity index (χ1v) is 4.64. The molecule has 4 nitrogen and oxygen atoms in total. The predicted molar refractivity (Wildman–Crippen MR) is 49.6 cm³/mol. The third-order valence-corrected chi connectivity index (χ3v) is 2.71. The minimum Gasteiger partial charge on any atom is -0.481 e. The molecule has 0 radical (unpaired) electrons. The van der Waals surface area contributed by atoms with E-state index in [1.165, 1.54) is 0 Å². The predicted octanol–water partition coefficient (Wildman–Crippen LogP) is 1.31. The summed E-state index contributed by atoms with van der Waals surface area (Å²) in [5.41, 5.74) is 5.88. The smallest absolute Gasteiger partial charge is 0.306 e. The molecule has 3 atom stereocenters. The summed E-state index contributed by atoms with van der Waals surface area (Å²) in [7, 11) is 0. The normalized spacial score (nSPS) is 27.3. The highest BCUT2D eigenvalue weighted by molar-refractivity contribution is 5.73. The molecule has 0 saturated heterocycles. The van der Waals surface area contributed by atoms with Crippen LogP contribution in [0.25, 0.3) is 0 Å². The van der Waals surface area contributed by atoms with E-state index in [0.717, 1.165) is 5.76 Å². The van der Waals surface area contributed by atoms with E-state index in [1.807, 2.05) is 19.1 Å². The first-order valence-electron chi connectivity index (χ1n) is 4.64. The number of carbonyl (C=O) groups is 1. The molecule has 14 heavy (non-hydrogen) atoms. The Morgan fingerprint density at radius 2 is 2.43 bits per heavy atom. The van der Waals surface area contributed by atoms with Crippen molar-refractivity contribution in [2.24, 2.45) is 17.6 Å². The van der Waals surface area contributed by atoms with E-state index in [1.54, 1.807) is 0 Å². The van der Waals surface area contributed by atoms with Gasteiger partial charge in [-0.15, -0.1) is 0 Å². The summed E-state index contributed by atoms with van der Waals surface area (Å²) in [6, 6.07) is 3.38. The number of carboxylic acids is 1. The minimum absolute atomic E-state index is 0.0399. The van der Waals surface area contributed by atoms with Crippen LogP contribution in [0.3, 0.4) is 0 Å². The van der Waals surface area contributed by atoms with Gasteiger partial charge in [-0.1, -0.05) is 0 Å². The van der Waals surface area contributed by atoms with Crippen LogP contribution in [-0.2, 0) is 4.79 Å². The fourth-order valence-corrected chi connectivity index (χ4v) is 1.74. The monoisotopic (exact) mass is 195 g/mol. The standard InChI is InChI=1S/C10H13NO3/c1-5-2-3-8(14-5)9(11)6-4-7(6)10(12)13/h2-3,6-7,9H,4,11H2,1H3,(H,12,13). The van der Waals surface area contributed by atoms with Gasteiger partial charge in [0.1, 0.15) is 11.5 Å². The molecule has 76 valence electrons. The van der Waals surface area contributed by atoms with Gasteiger partial charge in [-0.2, -0.15) is 0 Å². The summed E-state index contributed by atoms with van der Waals surface area (Å²) >= 11 is 0. The van der Waals surface area contributed by atoms with Crippen molar-refractivity contribution in [3.63, 3.8) is 0 Å². The van der Waals surface area contributed by atoms with Crippen LogP contribution in [0, 0.1) is 18.8 Å². The average Bonchev–Trinajstić information content (AvgIpc) is 2.82. The topological polar surface area (TPSA) is 76.5 Å². The lowest BCUT2D eigenvalue weighted by atomic mass is 10.1. The van der Waals surface area contributed by atoms with E-state index in [9.17, 15) is 4.79 Å². The summed E-state index contributed by atoms with van der Waals surface area (Å²) < 4.78 is 5.36. The Labute approximate surface area is 81.7 Å². The number of furan rings is 1. The fourth-order valence-electron chi connectivity index (χ4n) is 1.74. The number of nitrogens with two attached hydrogens (primary N) is 1. The van der Waals surface area contributed by atoms with Crippen LogP contribution in [0.1, 0.15) is 24.0 Å². The molecule has 0 aliphatic heterocycles. The zero-order valence-corrected chi connectivity index (χ0v) is 7.93. The lowest BCUT2D eigenvalue weighted by molar-refractivity contribution is -0.138. The van der Waals surface area contributed by atoms with Crippen LogP contribution in [0.2, 0.25) is 0 Å². The van der Waals surface area contributed by atoms with Gasteiger partial charge in [0.25, 0.3) is 0 Å². The van der Waals surface area contributed by atoms with Crippen molar-refractivity contribution in [2.75, 3.05) is 0 Å². The lowest BCUT2D eigenvalue weighted by Gasteiger charge is -2.06. The van der Waals surface area contributed by atoms with Crippen molar-refractivity contribution in [2.45, 2.75) is 19.4 Å². The van der Waals surface area contributed by atoms with Crippen molar-refractivity contribution >= 4 is 5.97 Å². The molecule has 1 aliphatic rings. The van der Waals surface area contributed by atoms with Crippen molar-refractivity contribution in [1.82, 2.24) is 0 Å². The molecule has 1 heterocycles. The molecule has 0 spiro atoms. The highest BCUT2D eigenvalue weighted by Crippen LogP contribution is 2.46. The number of aryl methyl sites for hydroxylation is 1. The SMILES string of the molecule is Cc1ccc(C(N)C2CC2C(=O)O)o1. The molecule has 3 N–H and O–H groups in total. The van der Waals surface area contributed by atoms with Gasteiger partial charge in [0.15, 0.2) is 0 Å². The number of hydrogen-bond donors (Lipinski definition) is 2. The van der Waals surface area contributed by atoms with Crippen molar-refractivity contribution in [3.05, 3.63) is 23.7 Å². The molecule has 1 fully saturated rings. The van der Waals surface area contributed by atoms with Crippen LogP contribution < -0.4 is 5.73 Å². The van der Waals surface area contributed by atoms with Gasteiger partial charge in [-0.05, 0) is 31.4 Å². The fraction of sp³-hybridized carbons (Fsp3) is 0.500. The van der Waals surface area contributed by atoms with Crippen LogP contribution in [0.4, 0.5) is 0 Å². The zero-order chi connectivity index (χ0) is 10.3. The van der Waals surface area contributed by atoms with Gasteiger partial charge in [0.2, 0.25) is 0 Å². The van der Waals surface area contributed by atoms with E-state index in [-0.39, 0.29) is 17.9 Å². The molecule has 0 amide bonds. The highest BCUT2D eigenvalue weighted by Gasteiger charge is 2.48. The second-order valence-corrected chi connectivity index (χ2v) is 3.82. The number of rotatable bonds is 3. The maximum Gasteiger partial charge on any atom is 0.306 e. The maximum atomic E-state index is 10.6. The Balaban J connectivity index is 2.04. The molecule has 0 bridgehead atoms. The molecular formula is C10H13NO3. The van der Waals surface area contributed by atoms with Crippen LogP contribution in [-0.4, -0.2) is 11.1 Å². The Morgan fingerprint density at radius 3 is 2.86 bits per heavy atom. The first kappa shape index (κ1) is 9.27. The van der Waals surface area contributed by atoms with Gasteiger partial charge >= 0.3 is 5.97 Å². The average molecular weight is 195 g/mol. The minimum atomic E-state index is -0.756. The summed E-state index contributed by atoms with van der Waals surface area (Å²) in [6.07, 6.45) is 0.663. The number of hydrogen-bond acceptors (Lipinski definition) is 3. The third kappa shape index (κ3) is 1.53. The van der Waals surface area contributed by atoms with E-state index in [2.05, 4.69) is 0 Å². The second-order valence-electron chi connectivity index (χ2n) is 3.82. The van der Waals surface area contributed by atoms with Gasteiger partial charge in [-0.3, -0.25) is 4.79 Å². The largest absolute Gasteiger partial charge is 0.481 e. The van der Waals surface area contributed by atoms with Crippen LogP contribution in [0.5, 0.6) is 0 Å². The maximum absolute atomic E-state index is 10.6. The van der Waals surface area contributed by atoms with Crippen LogP contribution in [0.15, 0.2) is 16.5 Å². The van der Waals surface area contributed by atoms with Gasteiger partial charge in [0.05, 0.1) is 12.0 Å². The molecule has 4 heteroatoms. The summed E-state index contributed by atoms with van der Waals surface area (Å²) in [5.74, 6) is 0.501. The van der Waals surface area contributed by atoms with Crippen LogP contribution >= 0.6 is 0 Å². The quantitative estimate of drug-likeness (QED) is 0.762. The summed E-state index contributed by atoms with van der Waals surface area (Å²) in [5, 5.41) is 8.74. The van der Waals surface area contributed by atoms with E-state index in [0.29, 0.717) is 12.2 Å². The van der Waals surface area contributed by atoms with Gasteiger partial charge < -0.3 is 15.3 Å². The third-order valence-electron chi connectivity index (χ3n) is 2.71. The Morgan fingerprint density at radius 1 is 1.71 bits per heavy atom. The molecule has 1 aliphatic carbocycles. The lowest BCUT2D eigenvalue weighted by Crippen LogP contribution is -2.15. The van der Waals surface area contributed by atoms with Gasteiger partial charge in [0, 0.05) is 0 Å². The molecule has 1 saturated carbocycles. The highest BCUT2D eigenvalue weighted by atomic mass is 16.4. The van der Waals surface area contributed by atoms with Crippen molar-refractivity contribution in [3.8, 4) is 0 Å². The molecular weight excluding hydrogens is 182 g/mol.